The van der Waals surface area contributed by atoms with E-state index in [4.69, 9.17) is 5.11 Å². The Morgan fingerprint density at radius 3 is 2.25 bits per heavy atom. The van der Waals surface area contributed by atoms with Gasteiger partial charge in [-0.05, 0) is 31.1 Å². The van der Waals surface area contributed by atoms with Crippen LogP contribution in [0.2, 0.25) is 0 Å². The summed E-state index contributed by atoms with van der Waals surface area (Å²) in [5.74, 6) is -0.840. The third-order valence-corrected chi connectivity index (χ3v) is 6.03. The van der Waals surface area contributed by atoms with Crippen molar-refractivity contribution < 1.29 is 18.3 Å². The average molecular weight is 304 g/mol. The fraction of sp³-hybridized carbons (Fsp3) is 0.923. The molecule has 2 N–H and O–H groups in total. The molecule has 1 heterocycles. The van der Waals surface area contributed by atoms with Crippen molar-refractivity contribution in [3.05, 3.63) is 0 Å². The first kappa shape index (κ1) is 15.7. The highest BCUT2D eigenvalue weighted by molar-refractivity contribution is 7.87. The first-order valence-electron chi connectivity index (χ1n) is 7.40. The molecule has 1 saturated heterocycles. The summed E-state index contributed by atoms with van der Waals surface area (Å²) in [7, 11) is -3.44. The van der Waals surface area contributed by atoms with Gasteiger partial charge in [0.05, 0.1) is 6.42 Å². The summed E-state index contributed by atoms with van der Waals surface area (Å²) in [5, 5.41) is 9.08. The second kappa shape index (κ2) is 6.41. The van der Waals surface area contributed by atoms with Gasteiger partial charge in [-0.1, -0.05) is 19.3 Å². The van der Waals surface area contributed by atoms with Gasteiger partial charge in [-0.3, -0.25) is 4.79 Å². The molecule has 0 radical (unpaired) electrons. The number of carbonyl (C=O) groups is 1. The Balaban J connectivity index is 1.99. The molecule has 2 fully saturated rings. The van der Waals surface area contributed by atoms with Gasteiger partial charge in [0.15, 0.2) is 0 Å². The number of rotatable bonds is 6. The van der Waals surface area contributed by atoms with E-state index < -0.39 is 21.6 Å². The average Bonchev–Trinajstić information content (AvgIpc) is 2.92. The highest BCUT2D eigenvalue weighted by Crippen LogP contribution is 2.39. The highest BCUT2D eigenvalue weighted by Gasteiger charge is 2.36. The van der Waals surface area contributed by atoms with Crippen molar-refractivity contribution >= 4 is 16.2 Å². The molecule has 1 aliphatic heterocycles. The van der Waals surface area contributed by atoms with Gasteiger partial charge in [0.25, 0.3) is 10.2 Å². The lowest BCUT2D eigenvalue weighted by molar-refractivity contribution is -0.140. The van der Waals surface area contributed by atoms with E-state index in [0.29, 0.717) is 13.1 Å². The van der Waals surface area contributed by atoms with E-state index in [1.807, 2.05) is 0 Å². The molecule has 0 unspecified atom stereocenters. The van der Waals surface area contributed by atoms with E-state index in [1.165, 1.54) is 4.31 Å². The van der Waals surface area contributed by atoms with Crippen molar-refractivity contribution in [2.24, 2.45) is 5.41 Å². The monoisotopic (exact) mass is 304 g/mol. The number of carboxylic acid groups (broad SMARTS) is 1. The SMILES string of the molecule is O=C(O)CC1(CNS(=O)(=O)N2CCCC2)CCCCC1. The van der Waals surface area contributed by atoms with E-state index in [1.54, 1.807) is 0 Å². The number of nitrogens with zero attached hydrogens (tertiary/aromatic N) is 1. The van der Waals surface area contributed by atoms with Gasteiger partial charge in [-0.25, -0.2) is 4.72 Å². The fourth-order valence-electron chi connectivity index (χ4n) is 3.30. The maximum atomic E-state index is 12.2. The Bertz CT molecular complexity index is 437. The summed E-state index contributed by atoms with van der Waals surface area (Å²) < 4.78 is 28.5. The molecule has 0 aromatic rings. The van der Waals surface area contributed by atoms with Crippen LogP contribution in [-0.2, 0) is 15.0 Å². The van der Waals surface area contributed by atoms with Crippen LogP contribution in [0, 0.1) is 5.41 Å². The lowest BCUT2D eigenvalue weighted by atomic mass is 9.72. The molecule has 6 nitrogen and oxygen atoms in total. The Hall–Kier alpha value is -0.660. The molecular formula is C13H24N2O4S. The van der Waals surface area contributed by atoms with Crippen molar-refractivity contribution in [1.29, 1.82) is 0 Å². The van der Waals surface area contributed by atoms with Crippen molar-refractivity contribution in [3.63, 3.8) is 0 Å². The van der Waals surface area contributed by atoms with Crippen LogP contribution in [0.3, 0.4) is 0 Å². The van der Waals surface area contributed by atoms with Crippen LogP contribution < -0.4 is 4.72 Å². The fourth-order valence-corrected chi connectivity index (χ4v) is 4.71. The van der Waals surface area contributed by atoms with Crippen LogP contribution in [0.1, 0.15) is 51.4 Å². The summed E-state index contributed by atoms with van der Waals surface area (Å²) in [6, 6.07) is 0. The van der Waals surface area contributed by atoms with E-state index in [0.717, 1.165) is 44.9 Å². The minimum atomic E-state index is -3.44. The summed E-state index contributed by atoms with van der Waals surface area (Å²) in [4.78, 5) is 11.1. The number of hydrogen-bond donors (Lipinski definition) is 2. The molecule has 0 amide bonds. The predicted molar refractivity (Wildman–Crippen MR) is 75.5 cm³/mol. The zero-order valence-corrected chi connectivity index (χ0v) is 12.6. The van der Waals surface area contributed by atoms with Crippen LogP contribution in [0.15, 0.2) is 0 Å². The van der Waals surface area contributed by atoms with E-state index >= 15 is 0 Å². The van der Waals surface area contributed by atoms with Gasteiger partial charge in [0, 0.05) is 19.6 Å². The second-order valence-electron chi connectivity index (χ2n) is 6.06. The molecule has 2 aliphatic rings. The largest absolute Gasteiger partial charge is 0.481 e. The summed E-state index contributed by atoms with van der Waals surface area (Å²) in [5.41, 5.74) is -0.406. The Labute approximate surface area is 120 Å². The molecule has 20 heavy (non-hydrogen) atoms. The predicted octanol–water partition coefficient (Wildman–Crippen LogP) is 1.34. The first-order chi connectivity index (χ1) is 9.44. The normalized spacial score (nSPS) is 23.8. The van der Waals surface area contributed by atoms with Gasteiger partial charge >= 0.3 is 5.97 Å². The van der Waals surface area contributed by atoms with E-state index in [9.17, 15) is 13.2 Å². The Morgan fingerprint density at radius 1 is 1.10 bits per heavy atom. The third kappa shape index (κ3) is 3.93. The van der Waals surface area contributed by atoms with Gasteiger partial charge in [-0.2, -0.15) is 12.7 Å². The smallest absolute Gasteiger partial charge is 0.303 e. The van der Waals surface area contributed by atoms with Crippen molar-refractivity contribution in [3.8, 4) is 0 Å². The molecule has 0 spiro atoms. The lowest BCUT2D eigenvalue weighted by Gasteiger charge is -2.36. The molecule has 116 valence electrons. The molecule has 7 heteroatoms. The van der Waals surface area contributed by atoms with Crippen LogP contribution in [0.4, 0.5) is 0 Å². The number of carboxylic acids is 1. The molecular weight excluding hydrogens is 280 g/mol. The quantitative estimate of drug-likeness (QED) is 0.775. The molecule has 2 rings (SSSR count). The Morgan fingerprint density at radius 2 is 1.70 bits per heavy atom. The molecule has 0 aromatic carbocycles. The van der Waals surface area contributed by atoms with E-state index in [-0.39, 0.29) is 13.0 Å². The molecule has 0 aromatic heterocycles. The van der Waals surface area contributed by atoms with Crippen molar-refractivity contribution in [2.75, 3.05) is 19.6 Å². The first-order valence-corrected chi connectivity index (χ1v) is 8.84. The van der Waals surface area contributed by atoms with Crippen LogP contribution >= 0.6 is 0 Å². The van der Waals surface area contributed by atoms with Gasteiger partial charge in [0.1, 0.15) is 0 Å². The topological polar surface area (TPSA) is 86.7 Å². The maximum Gasteiger partial charge on any atom is 0.303 e. The maximum absolute atomic E-state index is 12.2. The minimum Gasteiger partial charge on any atom is -0.481 e. The zero-order valence-electron chi connectivity index (χ0n) is 11.8. The zero-order chi connectivity index (χ0) is 14.6. The summed E-state index contributed by atoms with van der Waals surface area (Å²) >= 11 is 0. The highest BCUT2D eigenvalue weighted by atomic mass is 32.2. The molecule has 0 atom stereocenters. The standard InChI is InChI=1S/C13H24N2O4S/c16-12(17)10-13(6-2-1-3-7-13)11-14-20(18,19)15-8-4-5-9-15/h14H,1-11H2,(H,16,17). The lowest BCUT2D eigenvalue weighted by Crippen LogP contribution is -2.45. The van der Waals surface area contributed by atoms with E-state index in [2.05, 4.69) is 4.72 Å². The minimum absolute atomic E-state index is 0.0511. The summed E-state index contributed by atoms with van der Waals surface area (Å²) in [6.07, 6.45) is 6.53. The molecule has 1 aliphatic carbocycles. The number of nitrogens with one attached hydrogen (secondary N) is 1. The van der Waals surface area contributed by atoms with Gasteiger partial charge < -0.3 is 5.11 Å². The molecule has 1 saturated carbocycles. The van der Waals surface area contributed by atoms with Gasteiger partial charge in [0.2, 0.25) is 0 Å². The number of aliphatic carboxylic acids is 1. The van der Waals surface area contributed by atoms with Crippen LogP contribution in [-0.4, -0.2) is 43.4 Å². The second-order valence-corrected chi connectivity index (χ2v) is 7.82. The summed E-state index contributed by atoms with van der Waals surface area (Å²) in [6.45, 7) is 1.39. The van der Waals surface area contributed by atoms with Crippen molar-refractivity contribution in [2.45, 2.75) is 51.4 Å². The van der Waals surface area contributed by atoms with Gasteiger partial charge in [-0.15, -0.1) is 0 Å². The van der Waals surface area contributed by atoms with Crippen molar-refractivity contribution in [1.82, 2.24) is 9.03 Å². The molecule has 0 bridgehead atoms. The Kier molecular flexibility index (Phi) is 5.04. The van der Waals surface area contributed by atoms with Crippen LogP contribution in [0.25, 0.3) is 0 Å². The third-order valence-electron chi connectivity index (χ3n) is 4.47. The van der Waals surface area contributed by atoms with Crippen LogP contribution in [0.5, 0.6) is 0 Å². The number of hydrogen-bond acceptors (Lipinski definition) is 3.